The third-order valence-electron chi connectivity index (χ3n) is 3.79. The summed E-state index contributed by atoms with van der Waals surface area (Å²) < 4.78 is 18.6. The van der Waals surface area contributed by atoms with Gasteiger partial charge in [-0.1, -0.05) is 12.1 Å². The van der Waals surface area contributed by atoms with Gasteiger partial charge in [-0.2, -0.15) is 0 Å². The van der Waals surface area contributed by atoms with Crippen molar-refractivity contribution in [2.24, 2.45) is 0 Å². The first-order valence-electron chi connectivity index (χ1n) is 8.08. The zero-order valence-corrected chi connectivity index (χ0v) is 13.2. The minimum Gasteiger partial charge on any atom is -0.491 e. The molecule has 0 radical (unpaired) electrons. The van der Waals surface area contributed by atoms with Gasteiger partial charge < -0.3 is 15.0 Å². The van der Waals surface area contributed by atoms with Crippen LogP contribution >= 0.6 is 0 Å². The molecule has 23 heavy (non-hydrogen) atoms. The first-order valence-corrected chi connectivity index (χ1v) is 8.08. The Bertz CT molecular complexity index is 530. The Balaban J connectivity index is 1.58. The monoisotopic (exact) mass is 322 g/mol. The summed E-state index contributed by atoms with van der Waals surface area (Å²) in [4.78, 5) is 25.4. The van der Waals surface area contributed by atoms with Crippen LogP contribution < -0.4 is 10.1 Å². The van der Waals surface area contributed by atoms with Crippen molar-refractivity contribution >= 4 is 11.8 Å². The molecule has 0 unspecified atom stereocenters. The molecule has 0 aromatic heterocycles. The normalized spacial score (nSPS) is 14.4. The molecule has 0 saturated carbocycles. The molecule has 0 aliphatic carbocycles. The quantitative estimate of drug-likeness (QED) is 0.782. The van der Waals surface area contributed by atoms with Crippen molar-refractivity contribution in [3.05, 3.63) is 30.1 Å². The second-order valence-electron chi connectivity index (χ2n) is 5.60. The fraction of sp³-hybridized carbons (Fsp3) is 0.529. The summed E-state index contributed by atoms with van der Waals surface area (Å²) in [5.74, 6) is -0.439. The van der Waals surface area contributed by atoms with E-state index >= 15 is 0 Å². The number of amides is 2. The van der Waals surface area contributed by atoms with Crippen LogP contribution in [0.3, 0.4) is 0 Å². The van der Waals surface area contributed by atoms with E-state index in [4.69, 9.17) is 4.74 Å². The average Bonchev–Trinajstić information content (AvgIpc) is 2.59. The molecule has 1 fully saturated rings. The number of nitrogens with zero attached hydrogens (tertiary/aromatic N) is 1. The number of carbonyl (C=O) groups excluding carboxylic acids is 2. The number of halogens is 1. The molecule has 2 rings (SSSR count). The molecule has 1 aliphatic heterocycles. The molecule has 1 aromatic carbocycles. The van der Waals surface area contributed by atoms with Crippen LogP contribution in [0.5, 0.6) is 5.75 Å². The highest BCUT2D eigenvalue weighted by Crippen LogP contribution is 2.15. The van der Waals surface area contributed by atoms with Crippen LogP contribution in [0.2, 0.25) is 0 Å². The van der Waals surface area contributed by atoms with Gasteiger partial charge in [-0.05, 0) is 37.8 Å². The topological polar surface area (TPSA) is 58.6 Å². The average molecular weight is 322 g/mol. The van der Waals surface area contributed by atoms with E-state index in [1.807, 2.05) is 0 Å². The number of hydrogen-bond donors (Lipinski definition) is 1. The molecule has 0 bridgehead atoms. The third-order valence-corrected chi connectivity index (χ3v) is 3.79. The minimum absolute atomic E-state index is 0.0272. The lowest BCUT2D eigenvalue weighted by Crippen LogP contribution is -2.42. The molecular weight excluding hydrogens is 299 g/mol. The van der Waals surface area contributed by atoms with E-state index in [1.54, 1.807) is 23.1 Å². The predicted octanol–water partition coefficient (Wildman–Crippen LogP) is 2.11. The number of piperidine rings is 1. The molecule has 0 spiro atoms. The zero-order chi connectivity index (χ0) is 16.5. The first kappa shape index (κ1) is 17.2. The van der Waals surface area contributed by atoms with Gasteiger partial charge in [0.2, 0.25) is 11.8 Å². The molecule has 6 heteroatoms. The molecular formula is C17H23FN2O3. The van der Waals surface area contributed by atoms with Gasteiger partial charge in [0.05, 0.1) is 13.2 Å². The number of benzene rings is 1. The Hall–Kier alpha value is -2.11. The number of rotatable bonds is 7. The van der Waals surface area contributed by atoms with Crippen LogP contribution in [0.15, 0.2) is 24.3 Å². The number of carbonyl (C=O) groups is 2. The van der Waals surface area contributed by atoms with E-state index in [1.165, 1.54) is 6.07 Å². The standard InChI is InChI=1S/C17H23FN2O3/c18-14-7-2-3-8-15(14)23-12-6-9-16(21)19-13-17(22)20-10-4-1-5-11-20/h2-3,7-8H,1,4-6,9-13H2,(H,19,21). The highest BCUT2D eigenvalue weighted by molar-refractivity contribution is 5.84. The SMILES string of the molecule is O=C(CCCOc1ccccc1F)NCC(=O)N1CCCCC1. The molecule has 5 nitrogen and oxygen atoms in total. The summed E-state index contributed by atoms with van der Waals surface area (Å²) in [6.07, 6.45) is 3.96. The van der Waals surface area contributed by atoms with E-state index in [-0.39, 0.29) is 37.1 Å². The molecule has 0 atom stereocenters. The zero-order valence-electron chi connectivity index (χ0n) is 13.2. The molecule has 1 aliphatic rings. The van der Waals surface area contributed by atoms with Gasteiger partial charge in [-0.3, -0.25) is 9.59 Å². The van der Waals surface area contributed by atoms with Crippen molar-refractivity contribution in [3.63, 3.8) is 0 Å². The summed E-state index contributed by atoms with van der Waals surface area (Å²) in [5, 5.41) is 2.63. The van der Waals surface area contributed by atoms with Gasteiger partial charge in [0.25, 0.3) is 0 Å². The Morgan fingerprint density at radius 2 is 1.91 bits per heavy atom. The van der Waals surface area contributed by atoms with Gasteiger partial charge in [0.15, 0.2) is 11.6 Å². The summed E-state index contributed by atoms with van der Waals surface area (Å²) in [5.41, 5.74) is 0. The maximum absolute atomic E-state index is 13.3. The summed E-state index contributed by atoms with van der Waals surface area (Å²) >= 11 is 0. The molecule has 126 valence electrons. The summed E-state index contributed by atoms with van der Waals surface area (Å²) in [6, 6.07) is 6.16. The molecule has 1 saturated heterocycles. The predicted molar refractivity (Wildman–Crippen MR) is 84.6 cm³/mol. The molecule has 2 amide bonds. The van der Waals surface area contributed by atoms with Crippen molar-refractivity contribution in [1.82, 2.24) is 10.2 Å². The second-order valence-corrected chi connectivity index (χ2v) is 5.60. The fourth-order valence-electron chi connectivity index (χ4n) is 2.49. The van der Waals surface area contributed by atoms with Crippen LogP contribution in [0, 0.1) is 5.82 Å². The van der Waals surface area contributed by atoms with Gasteiger partial charge in [0, 0.05) is 19.5 Å². The van der Waals surface area contributed by atoms with Gasteiger partial charge in [-0.15, -0.1) is 0 Å². The van der Waals surface area contributed by atoms with Crippen molar-refractivity contribution in [2.75, 3.05) is 26.2 Å². The van der Waals surface area contributed by atoms with Crippen molar-refractivity contribution < 1.29 is 18.7 Å². The Morgan fingerprint density at radius 1 is 1.17 bits per heavy atom. The number of para-hydroxylation sites is 1. The van der Waals surface area contributed by atoms with Gasteiger partial charge >= 0.3 is 0 Å². The lowest BCUT2D eigenvalue weighted by atomic mass is 10.1. The largest absolute Gasteiger partial charge is 0.491 e. The minimum atomic E-state index is -0.413. The number of ether oxygens (including phenoxy) is 1. The molecule has 1 heterocycles. The molecule has 1 N–H and O–H groups in total. The van der Waals surface area contributed by atoms with Crippen molar-refractivity contribution in [1.29, 1.82) is 0 Å². The maximum Gasteiger partial charge on any atom is 0.241 e. The lowest BCUT2D eigenvalue weighted by molar-refractivity contribution is -0.133. The summed E-state index contributed by atoms with van der Waals surface area (Å²) in [7, 11) is 0. The van der Waals surface area contributed by atoms with Crippen molar-refractivity contribution in [2.45, 2.75) is 32.1 Å². The fourth-order valence-corrected chi connectivity index (χ4v) is 2.49. The van der Waals surface area contributed by atoms with E-state index < -0.39 is 5.82 Å². The van der Waals surface area contributed by atoms with Crippen molar-refractivity contribution in [3.8, 4) is 5.75 Å². The van der Waals surface area contributed by atoms with E-state index in [0.29, 0.717) is 6.42 Å². The number of hydrogen-bond acceptors (Lipinski definition) is 3. The second kappa shape index (κ2) is 9.12. The summed E-state index contributed by atoms with van der Waals surface area (Å²) in [6.45, 7) is 1.87. The maximum atomic E-state index is 13.3. The van der Waals surface area contributed by atoms with Gasteiger partial charge in [0.1, 0.15) is 0 Å². The lowest BCUT2D eigenvalue weighted by Gasteiger charge is -2.26. The number of likely N-dealkylation sites (tertiary alicyclic amines) is 1. The van der Waals surface area contributed by atoms with Crippen LogP contribution in [-0.4, -0.2) is 43.0 Å². The van der Waals surface area contributed by atoms with Gasteiger partial charge in [-0.25, -0.2) is 4.39 Å². The third kappa shape index (κ3) is 5.88. The van der Waals surface area contributed by atoms with Crippen LogP contribution in [-0.2, 0) is 9.59 Å². The smallest absolute Gasteiger partial charge is 0.241 e. The van der Waals surface area contributed by atoms with E-state index in [2.05, 4.69) is 5.32 Å². The number of nitrogens with one attached hydrogen (secondary N) is 1. The van der Waals surface area contributed by atoms with Crippen LogP contribution in [0.1, 0.15) is 32.1 Å². The van der Waals surface area contributed by atoms with E-state index in [0.717, 1.165) is 32.4 Å². The Labute approximate surface area is 135 Å². The van der Waals surface area contributed by atoms with Crippen LogP contribution in [0.25, 0.3) is 0 Å². The molecule has 1 aromatic rings. The Kier molecular flexibility index (Phi) is 6.84. The highest BCUT2D eigenvalue weighted by Gasteiger charge is 2.16. The highest BCUT2D eigenvalue weighted by atomic mass is 19.1. The first-order chi connectivity index (χ1) is 11.2. The van der Waals surface area contributed by atoms with Crippen LogP contribution in [0.4, 0.5) is 4.39 Å². The van der Waals surface area contributed by atoms with E-state index in [9.17, 15) is 14.0 Å². The Morgan fingerprint density at radius 3 is 2.65 bits per heavy atom.